The van der Waals surface area contributed by atoms with Gasteiger partial charge in [-0.25, -0.2) is 8.42 Å². The molecule has 1 atom stereocenters. The molecule has 1 N–H and O–H groups in total. The summed E-state index contributed by atoms with van der Waals surface area (Å²) in [5.74, 6) is 0.180. The normalized spacial score (nSPS) is 23.7. The van der Waals surface area contributed by atoms with Crippen molar-refractivity contribution in [2.75, 3.05) is 23.0 Å². The van der Waals surface area contributed by atoms with Gasteiger partial charge in [-0.05, 0) is 31.4 Å². The molecule has 3 rings (SSSR count). The van der Waals surface area contributed by atoms with Crippen molar-refractivity contribution in [1.29, 1.82) is 0 Å². The molecule has 1 aromatic rings. The lowest BCUT2D eigenvalue weighted by atomic mass is 10.1. The molecule has 6 heteroatoms. The maximum absolute atomic E-state index is 12.4. The predicted octanol–water partition coefficient (Wildman–Crippen LogP) is 1.74. The Balaban J connectivity index is 1.65. The van der Waals surface area contributed by atoms with Crippen LogP contribution >= 0.6 is 0 Å². The summed E-state index contributed by atoms with van der Waals surface area (Å²) in [6.07, 6.45) is 5.16. The van der Waals surface area contributed by atoms with Crippen LogP contribution in [0.3, 0.4) is 0 Å². The largest absolute Gasteiger partial charge is 0.359 e. The van der Waals surface area contributed by atoms with Crippen molar-refractivity contribution in [3.63, 3.8) is 0 Å². The lowest BCUT2D eigenvalue weighted by Crippen LogP contribution is -2.45. The topological polar surface area (TPSA) is 66.5 Å². The molecule has 1 aliphatic heterocycles. The maximum atomic E-state index is 12.4. The van der Waals surface area contributed by atoms with Gasteiger partial charge in [0.15, 0.2) is 9.84 Å². The van der Waals surface area contributed by atoms with Crippen LogP contribution in [-0.4, -0.2) is 44.5 Å². The second kappa shape index (κ2) is 6.91. The van der Waals surface area contributed by atoms with Gasteiger partial charge in [0.25, 0.3) is 0 Å². The van der Waals surface area contributed by atoms with Gasteiger partial charge in [0.05, 0.1) is 18.1 Å². The van der Waals surface area contributed by atoms with E-state index >= 15 is 0 Å². The van der Waals surface area contributed by atoms with Crippen LogP contribution in [0.5, 0.6) is 0 Å². The van der Waals surface area contributed by atoms with Gasteiger partial charge in [-0.2, -0.15) is 0 Å². The van der Waals surface area contributed by atoms with Crippen LogP contribution in [0.25, 0.3) is 0 Å². The van der Waals surface area contributed by atoms with Gasteiger partial charge in [-0.15, -0.1) is 0 Å². The number of sulfone groups is 1. The first-order valence-corrected chi connectivity index (χ1v) is 10.2. The van der Waals surface area contributed by atoms with Gasteiger partial charge in [0.1, 0.15) is 0 Å². The fourth-order valence-corrected chi connectivity index (χ4v) is 5.28. The predicted molar refractivity (Wildman–Crippen MR) is 91.2 cm³/mol. The number of hydrogen-bond donors (Lipinski definition) is 1. The molecule has 23 heavy (non-hydrogen) atoms. The smallest absolute Gasteiger partial charge is 0.239 e. The first-order chi connectivity index (χ1) is 11.0. The van der Waals surface area contributed by atoms with Gasteiger partial charge >= 0.3 is 0 Å². The number of nitrogens with one attached hydrogen (secondary N) is 1. The van der Waals surface area contributed by atoms with Crippen molar-refractivity contribution in [2.45, 2.75) is 44.2 Å². The number of anilines is 1. The number of carbonyl (C=O) groups is 1. The highest BCUT2D eigenvalue weighted by atomic mass is 32.2. The van der Waals surface area contributed by atoms with Crippen molar-refractivity contribution in [1.82, 2.24) is 5.32 Å². The van der Waals surface area contributed by atoms with Crippen molar-refractivity contribution in [3.8, 4) is 0 Å². The first-order valence-electron chi connectivity index (χ1n) is 8.35. The zero-order valence-corrected chi connectivity index (χ0v) is 14.1. The van der Waals surface area contributed by atoms with Crippen molar-refractivity contribution in [2.24, 2.45) is 0 Å². The number of amides is 1. The minimum absolute atomic E-state index is 0.0769. The highest BCUT2D eigenvalue weighted by Gasteiger charge is 2.30. The molecule has 2 fully saturated rings. The fourth-order valence-electron chi connectivity index (χ4n) is 3.60. The quantitative estimate of drug-likeness (QED) is 0.889. The highest BCUT2D eigenvalue weighted by molar-refractivity contribution is 7.91. The van der Waals surface area contributed by atoms with Crippen LogP contribution < -0.4 is 10.2 Å². The third kappa shape index (κ3) is 4.25. The summed E-state index contributed by atoms with van der Waals surface area (Å²) >= 11 is 0. The Morgan fingerprint density at radius 1 is 1.13 bits per heavy atom. The minimum atomic E-state index is -2.97. The molecule has 1 heterocycles. The van der Waals surface area contributed by atoms with E-state index in [0.29, 0.717) is 19.0 Å². The number of hydrogen-bond acceptors (Lipinski definition) is 4. The van der Waals surface area contributed by atoms with Crippen LogP contribution in [0.1, 0.15) is 32.1 Å². The number of carbonyl (C=O) groups excluding carboxylic acids is 1. The molecular formula is C17H24N2O3S. The zero-order chi connectivity index (χ0) is 16.3. The average Bonchev–Trinajstić information content (AvgIpc) is 3.15. The molecule has 1 unspecified atom stereocenters. The molecule has 0 radical (unpaired) electrons. The molecule has 1 aromatic carbocycles. The minimum Gasteiger partial charge on any atom is -0.359 e. The highest BCUT2D eigenvalue weighted by Crippen LogP contribution is 2.28. The molecule has 0 bridgehead atoms. The molecule has 1 saturated heterocycles. The third-order valence-corrected chi connectivity index (χ3v) is 6.53. The molecule has 5 nitrogen and oxygen atoms in total. The zero-order valence-electron chi connectivity index (χ0n) is 13.3. The first kappa shape index (κ1) is 16.3. The van der Waals surface area contributed by atoms with E-state index in [0.717, 1.165) is 18.5 Å². The summed E-state index contributed by atoms with van der Waals surface area (Å²) in [5.41, 5.74) is 1.06. The Hall–Kier alpha value is -1.56. The lowest BCUT2D eigenvalue weighted by molar-refractivity contribution is -0.120. The van der Waals surface area contributed by atoms with E-state index in [1.807, 2.05) is 30.3 Å². The summed E-state index contributed by atoms with van der Waals surface area (Å²) in [4.78, 5) is 14.6. The van der Waals surface area contributed by atoms with E-state index in [9.17, 15) is 13.2 Å². The van der Waals surface area contributed by atoms with Crippen LogP contribution in [0.15, 0.2) is 30.3 Å². The van der Waals surface area contributed by atoms with Gasteiger partial charge < -0.3 is 10.2 Å². The summed E-state index contributed by atoms with van der Waals surface area (Å²) in [6.45, 7) is 0.297. The SMILES string of the molecule is O=C(CN(c1ccccc1)C1CCCC1)NC1CCS(=O)(=O)C1. The Morgan fingerprint density at radius 2 is 1.83 bits per heavy atom. The second-order valence-corrected chi connectivity index (χ2v) is 8.80. The summed E-state index contributed by atoms with van der Waals surface area (Å²) in [7, 11) is -2.97. The number of rotatable bonds is 5. The average molecular weight is 336 g/mol. The molecule has 1 saturated carbocycles. The fraction of sp³-hybridized carbons (Fsp3) is 0.588. The summed E-state index contributed by atoms with van der Waals surface area (Å²) in [5, 5.41) is 2.90. The number of para-hydroxylation sites is 1. The molecule has 1 amide bonds. The molecule has 2 aliphatic rings. The Bertz CT molecular complexity index is 639. The van der Waals surface area contributed by atoms with E-state index < -0.39 is 9.84 Å². The molecular weight excluding hydrogens is 312 g/mol. The Kier molecular flexibility index (Phi) is 4.90. The summed E-state index contributed by atoms with van der Waals surface area (Å²) < 4.78 is 23.0. The van der Waals surface area contributed by atoms with E-state index in [1.165, 1.54) is 12.8 Å². The monoisotopic (exact) mass is 336 g/mol. The summed E-state index contributed by atoms with van der Waals surface area (Å²) in [6, 6.07) is 10.2. The van der Waals surface area contributed by atoms with Crippen molar-refractivity contribution < 1.29 is 13.2 Å². The van der Waals surface area contributed by atoms with E-state index in [2.05, 4.69) is 10.2 Å². The van der Waals surface area contributed by atoms with Gasteiger partial charge in [0.2, 0.25) is 5.91 Å². The van der Waals surface area contributed by atoms with Crippen LogP contribution in [0, 0.1) is 0 Å². The molecule has 1 aliphatic carbocycles. The van der Waals surface area contributed by atoms with E-state index in [-0.39, 0.29) is 23.5 Å². The lowest BCUT2D eigenvalue weighted by Gasteiger charge is -2.31. The van der Waals surface area contributed by atoms with E-state index in [1.54, 1.807) is 0 Å². The maximum Gasteiger partial charge on any atom is 0.239 e. The van der Waals surface area contributed by atoms with Crippen molar-refractivity contribution in [3.05, 3.63) is 30.3 Å². The second-order valence-electron chi connectivity index (χ2n) is 6.57. The standard InChI is InChI=1S/C17H24N2O3S/c20-17(18-14-10-11-23(21,22)13-14)12-19(16-8-4-5-9-16)15-6-2-1-3-7-15/h1-3,6-7,14,16H,4-5,8-13H2,(H,18,20). The molecule has 0 aromatic heterocycles. The third-order valence-electron chi connectivity index (χ3n) is 4.76. The van der Waals surface area contributed by atoms with Gasteiger partial charge in [-0.3, -0.25) is 4.79 Å². The molecule has 126 valence electrons. The Morgan fingerprint density at radius 3 is 2.43 bits per heavy atom. The number of nitrogens with zero attached hydrogens (tertiary/aromatic N) is 1. The van der Waals surface area contributed by atoms with Crippen LogP contribution in [-0.2, 0) is 14.6 Å². The van der Waals surface area contributed by atoms with Crippen LogP contribution in [0.4, 0.5) is 5.69 Å². The molecule has 0 spiro atoms. The van der Waals surface area contributed by atoms with Crippen molar-refractivity contribution >= 4 is 21.4 Å². The van der Waals surface area contributed by atoms with Gasteiger partial charge in [-0.1, -0.05) is 31.0 Å². The van der Waals surface area contributed by atoms with Crippen LogP contribution in [0.2, 0.25) is 0 Å². The van der Waals surface area contributed by atoms with E-state index in [4.69, 9.17) is 0 Å². The van der Waals surface area contributed by atoms with Gasteiger partial charge in [0, 0.05) is 17.8 Å². The number of benzene rings is 1. The Labute approximate surface area is 138 Å².